The molecule has 3 amide bonds. The number of amides is 3. The number of nitrogens with one attached hydrogen (secondary N) is 1. The monoisotopic (exact) mass is 556 g/mol. The molecule has 210 valence electrons. The highest BCUT2D eigenvalue weighted by atomic mass is 19.3. The second-order valence-corrected chi connectivity index (χ2v) is 9.29. The first-order valence-electron chi connectivity index (χ1n) is 12.3. The molecule has 2 heterocycles. The Morgan fingerprint density at radius 1 is 1.18 bits per heavy atom. The fraction of sp³-hybridized carbons (Fsp3) is 0.286. The van der Waals surface area contributed by atoms with E-state index in [-0.39, 0.29) is 42.8 Å². The number of phenolic OH excluding ortho intramolecular Hbond substituents is 1. The van der Waals surface area contributed by atoms with Crippen molar-refractivity contribution in [2.75, 3.05) is 18.5 Å². The molecule has 0 radical (unpaired) electrons. The van der Waals surface area contributed by atoms with E-state index in [4.69, 9.17) is 0 Å². The Hall–Kier alpha value is -4.61. The number of carbonyl (C=O) groups is 3. The maximum absolute atomic E-state index is 13.3. The molecule has 2 atom stereocenters. The minimum absolute atomic E-state index is 0.0433. The Kier molecular flexibility index (Phi) is 8.56. The van der Waals surface area contributed by atoms with E-state index in [0.717, 1.165) is 0 Å². The van der Waals surface area contributed by atoms with Crippen molar-refractivity contribution in [3.05, 3.63) is 83.4 Å². The first-order chi connectivity index (χ1) is 19.0. The number of aromatic nitrogens is 1. The summed E-state index contributed by atoms with van der Waals surface area (Å²) in [7, 11) is 1.53. The molecule has 0 spiro atoms. The zero-order chi connectivity index (χ0) is 29.0. The summed E-state index contributed by atoms with van der Waals surface area (Å²) in [6.07, 6.45) is 1.68. The van der Waals surface area contributed by atoms with Crippen molar-refractivity contribution < 1.29 is 37.4 Å². The molecular weight excluding hydrogens is 529 g/mol. The lowest BCUT2D eigenvalue weighted by Gasteiger charge is -2.23. The summed E-state index contributed by atoms with van der Waals surface area (Å²) in [5.41, 5.74) is 1.56. The lowest BCUT2D eigenvalue weighted by Crippen LogP contribution is -2.45. The second kappa shape index (κ2) is 12.1. The Labute approximate surface area is 228 Å². The zero-order valence-electron chi connectivity index (χ0n) is 21.7. The average molecular weight is 557 g/mol. The molecule has 40 heavy (non-hydrogen) atoms. The van der Waals surface area contributed by atoms with Gasteiger partial charge in [-0.15, -0.1) is 0 Å². The minimum atomic E-state index is -3.09. The van der Waals surface area contributed by atoms with Gasteiger partial charge in [0, 0.05) is 50.4 Å². The van der Waals surface area contributed by atoms with Crippen LogP contribution in [-0.4, -0.2) is 59.0 Å². The predicted molar refractivity (Wildman–Crippen MR) is 138 cm³/mol. The van der Waals surface area contributed by atoms with Crippen LogP contribution in [0.4, 0.5) is 18.9 Å². The number of carbonyl (C=O) groups excluding carboxylic acids is 3. The van der Waals surface area contributed by atoms with Gasteiger partial charge in [-0.2, -0.15) is 8.78 Å². The van der Waals surface area contributed by atoms with Crippen LogP contribution in [0.25, 0.3) is 0 Å². The van der Waals surface area contributed by atoms with Gasteiger partial charge in [-0.1, -0.05) is 12.1 Å². The Balaban J connectivity index is 1.46. The average Bonchev–Trinajstić information content (AvgIpc) is 3.39. The molecule has 9 nitrogen and oxygen atoms in total. The summed E-state index contributed by atoms with van der Waals surface area (Å²) >= 11 is 0. The third kappa shape index (κ3) is 6.33. The van der Waals surface area contributed by atoms with Gasteiger partial charge < -0.3 is 25.0 Å². The molecule has 0 bridgehead atoms. The molecule has 1 aliphatic rings. The number of aromatic hydroxyl groups is 1. The van der Waals surface area contributed by atoms with Crippen molar-refractivity contribution in [1.82, 2.24) is 15.2 Å². The maximum Gasteiger partial charge on any atom is 0.387 e. The summed E-state index contributed by atoms with van der Waals surface area (Å²) < 4.78 is 42.6. The number of ether oxygens (including phenoxy) is 1. The third-order valence-corrected chi connectivity index (χ3v) is 6.74. The third-order valence-electron chi connectivity index (χ3n) is 6.74. The molecule has 1 fully saturated rings. The fourth-order valence-corrected chi connectivity index (χ4v) is 4.67. The van der Waals surface area contributed by atoms with Crippen LogP contribution in [0.2, 0.25) is 0 Å². The molecule has 1 unspecified atom stereocenters. The maximum atomic E-state index is 13.3. The van der Waals surface area contributed by atoms with Crippen LogP contribution in [0.5, 0.6) is 11.5 Å². The van der Waals surface area contributed by atoms with Crippen LogP contribution in [-0.2, 0) is 16.1 Å². The first kappa shape index (κ1) is 28.4. The Bertz CT molecular complexity index is 1400. The molecule has 3 aromatic rings. The number of rotatable bonds is 8. The number of anilines is 1. The van der Waals surface area contributed by atoms with Crippen molar-refractivity contribution in [3.63, 3.8) is 0 Å². The van der Waals surface area contributed by atoms with Gasteiger partial charge in [-0.3, -0.25) is 19.4 Å². The minimum Gasteiger partial charge on any atom is -0.504 e. The Morgan fingerprint density at radius 2 is 1.90 bits per heavy atom. The molecule has 2 N–H and O–H groups in total. The van der Waals surface area contributed by atoms with E-state index < -0.39 is 36.0 Å². The highest BCUT2D eigenvalue weighted by Crippen LogP contribution is 2.37. The quantitative estimate of drug-likeness (QED) is 0.436. The van der Waals surface area contributed by atoms with Crippen molar-refractivity contribution in [1.29, 1.82) is 0 Å². The molecule has 1 saturated heterocycles. The number of hydrogen-bond acceptors (Lipinski definition) is 6. The first-order valence-corrected chi connectivity index (χ1v) is 12.3. The van der Waals surface area contributed by atoms with Gasteiger partial charge in [0.25, 0.3) is 5.91 Å². The molecule has 4 rings (SSSR count). The number of nitrogens with zero attached hydrogens (tertiary/aromatic N) is 3. The normalized spacial score (nSPS) is 16.6. The van der Waals surface area contributed by atoms with E-state index in [2.05, 4.69) is 15.0 Å². The van der Waals surface area contributed by atoms with Gasteiger partial charge in [-0.05, 0) is 54.4 Å². The largest absolute Gasteiger partial charge is 0.504 e. The van der Waals surface area contributed by atoms with E-state index in [1.54, 1.807) is 12.1 Å². The summed E-state index contributed by atoms with van der Waals surface area (Å²) in [6, 6.07) is 11.8. The van der Waals surface area contributed by atoms with Crippen molar-refractivity contribution >= 4 is 23.4 Å². The number of benzene rings is 2. The van der Waals surface area contributed by atoms with Gasteiger partial charge in [0.15, 0.2) is 11.5 Å². The lowest BCUT2D eigenvalue weighted by atomic mass is 9.95. The number of likely N-dealkylation sites (tertiary alicyclic amines) is 1. The lowest BCUT2D eigenvalue weighted by molar-refractivity contribution is -0.136. The molecular formula is C28H27F3N4O5. The summed E-state index contributed by atoms with van der Waals surface area (Å²) in [5, 5.41) is 12.9. The second-order valence-electron chi connectivity index (χ2n) is 9.29. The molecule has 2 aromatic carbocycles. The highest BCUT2D eigenvalue weighted by molar-refractivity contribution is 6.05. The van der Waals surface area contributed by atoms with Gasteiger partial charge in [-0.25, -0.2) is 4.39 Å². The van der Waals surface area contributed by atoms with Gasteiger partial charge in [0.05, 0.1) is 0 Å². The molecule has 1 aromatic heterocycles. The fourth-order valence-electron chi connectivity index (χ4n) is 4.67. The van der Waals surface area contributed by atoms with E-state index in [9.17, 15) is 32.7 Å². The molecule has 1 aliphatic heterocycles. The molecule has 0 aliphatic carbocycles. The summed E-state index contributed by atoms with van der Waals surface area (Å²) in [4.78, 5) is 45.6. The number of halogens is 3. The number of phenols is 1. The molecule has 0 saturated carbocycles. The van der Waals surface area contributed by atoms with Crippen LogP contribution >= 0.6 is 0 Å². The van der Waals surface area contributed by atoms with E-state index in [1.807, 2.05) is 0 Å². The predicted octanol–water partition coefficient (Wildman–Crippen LogP) is 3.83. The van der Waals surface area contributed by atoms with Crippen LogP contribution in [0.15, 0.2) is 60.8 Å². The van der Waals surface area contributed by atoms with E-state index >= 15 is 0 Å². The Morgan fingerprint density at radius 3 is 2.55 bits per heavy atom. The van der Waals surface area contributed by atoms with Crippen LogP contribution < -0.4 is 15.0 Å². The van der Waals surface area contributed by atoms with Crippen LogP contribution in [0.1, 0.15) is 40.9 Å². The van der Waals surface area contributed by atoms with Gasteiger partial charge in [0.2, 0.25) is 11.8 Å². The highest BCUT2D eigenvalue weighted by Gasteiger charge is 2.39. The van der Waals surface area contributed by atoms with E-state index in [0.29, 0.717) is 16.8 Å². The number of alkyl halides is 2. The number of hydrogen-bond donors (Lipinski definition) is 2. The summed E-state index contributed by atoms with van der Waals surface area (Å²) in [5.74, 6) is -2.86. The SMILES string of the molecule is CC(=O)N1CC(c2ccc(OC(F)F)c(O)c2)C[C@@H]1C(=O)NCc1cccnc1C(=O)N(C)c1ccc(F)cc1. The smallest absolute Gasteiger partial charge is 0.387 e. The number of pyridine rings is 1. The van der Waals surface area contributed by atoms with Crippen molar-refractivity contribution in [3.8, 4) is 11.5 Å². The van der Waals surface area contributed by atoms with Crippen LogP contribution in [0.3, 0.4) is 0 Å². The van der Waals surface area contributed by atoms with Gasteiger partial charge >= 0.3 is 6.61 Å². The summed E-state index contributed by atoms with van der Waals surface area (Å²) in [6.45, 7) is -1.62. The topological polar surface area (TPSA) is 112 Å². The van der Waals surface area contributed by atoms with Gasteiger partial charge in [0.1, 0.15) is 17.6 Å². The zero-order valence-corrected chi connectivity index (χ0v) is 21.7. The molecule has 12 heteroatoms. The van der Waals surface area contributed by atoms with Crippen molar-refractivity contribution in [2.24, 2.45) is 0 Å². The van der Waals surface area contributed by atoms with E-state index in [1.165, 1.54) is 72.4 Å². The van der Waals surface area contributed by atoms with Crippen LogP contribution in [0, 0.1) is 5.82 Å². The standard InChI is InChI=1S/C28H27F3N4O5/c1-16(36)35-15-19(17-5-10-24(23(37)13-17)40-28(30)31)12-22(35)26(38)33-14-18-4-3-11-32-25(18)27(39)34(2)21-8-6-20(29)7-9-21/h3-11,13,19,22,28,37H,12,14-15H2,1-2H3,(H,33,38)/t19?,22-/m1/s1. The van der Waals surface area contributed by atoms with Crippen molar-refractivity contribution in [2.45, 2.75) is 38.5 Å².